The molecule has 2 rings (SSSR count). The summed E-state index contributed by atoms with van der Waals surface area (Å²) in [5.41, 5.74) is 2.52. The van der Waals surface area contributed by atoms with Crippen molar-refractivity contribution < 1.29 is 14.4 Å². The van der Waals surface area contributed by atoms with Crippen molar-refractivity contribution in [3.63, 3.8) is 0 Å². The molecule has 0 unspecified atom stereocenters. The summed E-state index contributed by atoms with van der Waals surface area (Å²) in [6.07, 6.45) is 1.32. The van der Waals surface area contributed by atoms with E-state index in [0.717, 1.165) is 0 Å². The number of rotatable bonds is 1. The topological polar surface area (TPSA) is 62.5 Å². The smallest absolute Gasteiger partial charge is 0.278 e. The fourth-order valence-corrected chi connectivity index (χ4v) is 1.21. The number of hydrogen-bond acceptors (Lipinski definition) is 3. The van der Waals surface area contributed by atoms with Crippen molar-refractivity contribution in [1.82, 2.24) is 5.48 Å². The highest BCUT2D eigenvalue weighted by Crippen LogP contribution is 2.19. The van der Waals surface area contributed by atoms with Gasteiger partial charge in [-0.2, -0.15) is 0 Å². The van der Waals surface area contributed by atoms with E-state index in [-0.39, 0.29) is 0 Å². The van der Waals surface area contributed by atoms with E-state index >= 15 is 0 Å². The van der Waals surface area contributed by atoms with Crippen molar-refractivity contribution in [2.75, 3.05) is 0 Å². The van der Waals surface area contributed by atoms with E-state index in [1.54, 1.807) is 23.7 Å². The quantitative estimate of drug-likeness (QED) is 0.513. The zero-order valence-corrected chi connectivity index (χ0v) is 6.65. The van der Waals surface area contributed by atoms with Gasteiger partial charge in [0.2, 0.25) is 0 Å². The Morgan fingerprint density at radius 1 is 1.38 bits per heavy atom. The number of fused-ring (bicyclic) bond motifs is 1. The predicted molar refractivity (Wildman–Crippen MR) is 45.5 cm³/mol. The van der Waals surface area contributed by atoms with Crippen molar-refractivity contribution in [2.24, 2.45) is 0 Å². The number of para-hydroxylation sites is 1. The average molecular weight is 177 g/mol. The van der Waals surface area contributed by atoms with Crippen molar-refractivity contribution in [2.45, 2.75) is 0 Å². The Balaban J connectivity index is 2.64. The van der Waals surface area contributed by atoms with Crippen LogP contribution in [0.4, 0.5) is 0 Å². The molecule has 2 N–H and O–H groups in total. The Bertz CT molecular complexity index is 447. The molecule has 0 fully saturated rings. The third-order valence-corrected chi connectivity index (χ3v) is 1.83. The van der Waals surface area contributed by atoms with Crippen molar-refractivity contribution in [3.05, 3.63) is 36.1 Å². The maximum atomic E-state index is 11.1. The third kappa shape index (κ3) is 1.17. The van der Waals surface area contributed by atoms with Crippen LogP contribution in [0, 0.1) is 0 Å². The van der Waals surface area contributed by atoms with Gasteiger partial charge in [-0.25, -0.2) is 5.48 Å². The van der Waals surface area contributed by atoms with Crippen LogP contribution in [0.15, 0.2) is 34.9 Å². The Labute approximate surface area is 73.7 Å². The first kappa shape index (κ1) is 7.82. The van der Waals surface area contributed by atoms with E-state index < -0.39 is 5.91 Å². The number of benzene rings is 1. The summed E-state index contributed by atoms with van der Waals surface area (Å²) < 4.78 is 5.10. The molecular formula is C9H7NO3. The average Bonchev–Trinajstić information content (AvgIpc) is 2.60. The number of amides is 1. The van der Waals surface area contributed by atoms with Crippen molar-refractivity contribution >= 4 is 16.9 Å². The van der Waals surface area contributed by atoms with Gasteiger partial charge in [0.05, 0.1) is 5.56 Å². The van der Waals surface area contributed by atoms with Crippen LogP contribution in [0.5, 0.6) is 0 Å². The molecule has 0 saturated carbocycles. The second kappa shape index (κ2) is 2.91. The van der Waals surface area contributed by atoms with Crippen LogP contribution in [-0.4, -0.2) is 11.1 Å². The highest BCUT2D eigenvalue weighted by Gasteiger charge is 2.11. The number of carbonyl (C=O) groups is 1. The highest BCUT2D eigenvalue weighted by atomic mass is 16.5. The minimum absolute atomic E-state index is 0.332. The maximum absolute atomic E-state index is 11.1. The van der Waals surface area contributed by atoms with Gasteiger partial charge in [-0.15, -0.1) is 0 Å². The summed E-state index contributed by atoms with van der Waals surface area (Å²) in [5, 5.41) is 9.11. The minimum atomic E-state index is -0.565. The minimum Gasteiger partial charge on any atom is -0.463 e. The first-order valence-electron chi connectivity index (χ1n) is 3.73. The molecule has 1 heterocycles. The summed E-state index contributed by atoms with van der Waals surface area (Å²) in [6, 6.07) is 7.12. The molecule has 2 aromatic rings. The number of furan rings is 1. The van der Waals surface area contributed by atoms with Gasteiger partial charge in [0.1, 0.15) is 11.8 Å². The molecule has 0 bridgehead atoms. The SMILES string of the molecule is O=C(NO)c1coc2ccccc12. The van der Waals surface area contributed by atoms with Crippen LogP contribution >= 0.6 is 0 Å². The van der Waals surface area contributed by atoms with Crippen LogP contribution in [0.3, 0.4) is 0 Å². The molecule has 0 saturated heterocycles. The molecular weight excluding hydrogens is 170 g/mol. The van der Waals surface area contributed by atoms with Gasteiger partial charge in [0, 0.05) is 5.39 Å². The van der Waals surface area contributed by atoms with Gasteiger partial charge < -0.3 is 4.42 Å². The van der Waals surface area contributed by atoms with E-state index in [1.165, 1.54) is 6.26 Å². The summed E-state index contributed by atoms with van der Waals surface area (Å²) in [4.78, 5) is 11.1. The van der Waals surface area contributed by atoms with E-state index in [0.29, 0.717) is 16.5 Å². The lowest BCUT2D eigenvalue weighted by Gasteiger charge is -1.93. The molecule has 4 heteroatoms. The molecule has 0 aliphatic carbocycles. The molecule has 0 atom stereocenters. The fraction of sp³-hybridized carbons (Fsp3) is 0. The Kier molecular flexibility index (Phi) is 1.75. The molecule has 13 heavy (non-hydrogen) atoms. The molecule has 0 aliphatic heterocycles. The second-order valence-electron chi connectivity index (χ2n) is 2.59. The summed E-state index contributed by atoms with van der Waals surface area (Å²) in [5.74, 6) is -0.565. The van der Waals surface area contributed by atoms with Crippen LogP contribution in [0.1, 0.15) is 10.4 Å². The van der Waals surface area contributed by atoms with E-state index in [2.05, 4.69) is 0 Å². The molecule has 0 spiro atoms. The molecule has 1 aromatic heterocycles. The predicted octanol–water partition coefficient (Wildman–Crippen LogP) is 1.55. The van der Waals surface area contributed by atoms with Gasteiger partial charge >= 0.3 is 0 Å². The number of nitrogens with one attached hydrogen (secondary N) is 1. The zero-order valence-electron chi connectivity index (χ0n) is 6.65. The number of hydroxylamine groups is 1. The monoisotopic (exact) mass is 177 g/mol. The van der Waals surface area contributed by atoms with Gasteiger partial charge in [-0.3, -0.25) is 10.0 Å². The zero-order chi connectivity index (χ0) is 9.26. The molecule has 1 aromatic carbocycles. The molecule has 0 radical (unpaired) electrons. The highest BCUT2D eigenvalue weighted by molar-refractivity contribution is 6.05. The van der Waals surface area contributed by atoms with E-state index in [1.807, 2.05) is 6.07 Å². The van der Waals surface area contributed by atoms with Crippen LogP contribution in [-0.2, 0) is 0 Å². The standard InChI is InChI=1S/C9H7NO3/c11-9(10-12)7-5-13-8-4-2-1-3-6(7)8/h1-5,12H,(H,10,11). The van der Waals surface area contributed by atoms with Crippen LogP contribution in [0.25, 0.3) is 11.0 Å². The molecule has 0 aliphatic rings. The number of carbonyl (C=O) groups excluding carboxylic acids is 1. The normalized spacial score (nSPS) is 10.2. The van der Waals surface area contributed by atoms with Gasteiger partial charge in [0.25, 0.3) is 5.91 Å². The molecule has 1 amide bonds. The summed E-state index contributed by atoms with van der Waals surface area (Å²) in [6.45, 7) is 0. The van der Waals surface area contributed by atoms with Gasteiger partial charge in [0.15, 0.2) is 0 Å². The Morgan fingerprint density at radius 3 is 2.92 bits per heavy atom. The first-order chi connectivity index (χ1) is 6.33. The fourth-order valence-electron chi connectivity index (χ4n) is 1.21. The van der Waals surface area contributed by atoms with E-state index in [9.17, 15) is 4.79 Å². The molecule has 66 valence electrons. The lowest BCUT2D eigenvalue weighted by atomic mass is 10.2. The first-order valence-corrected chi connectivity index (χ1v) is 3.73. The second-order valence-corrected chi connectivity index (χ2v) is 2.59. The van der Waals surface area contributed by atoms with Crippen LogP contribution in [0.2, 0.25) is 0 Å². The largest absolute Gasteiger partial charge is 0.463 e. The van der Waals surface area contributed by atoms with Crippen LogP contribution < -0.4 is 5.48 Å². The molecule has 4 nitrogen and oxygen atoms in total. The number of hydrogen-bond donors (Lipinski definition) is 2. The Hall–Kier alpha value is -1.81. The third-order valence-electron chi connectivity index (χ3n) is 1.83. The Morgan fingerprint density at radius 2 is 2.15 bits per heavy atom. The maximum Gasteiger partial charge on any atom is 0.278 e. The lowest BCUT2D eigenvalue weighted by Crippen LogP contribution is -2.17. The summed E-state index contributed by atoms with van der Waals surface area (Å²) in [7, 11) is 0. The van der Waals surface area contributed by atoms with Crippen molar-refractivity contribution in [3.8, 4) is 0 Å². The van der Waals surface area contributed by atoms with Gasteiger partial charge in [-0.05, 0) is 6.07 Å². The van der Waals surface area contributed by atoms with Crippen molar-refractivity contribution in [1.29, 1.82) is 0 Å². The van der Waals surface area contributed by atoms with Gasteiger partial charge in [-0.1, -0.05) is 18.2 Å². The summed E-state index contributed by atoms with van der Waals surface area (Å²) >= 11 is 0. The lowest BCUT2D eigenvalue weighted by molar-refractivity contribution is 0.0707. The van der Waals surface area contributed by atoms with E-state index in [4.69, 9.17) is 9.62 Å².